The third-order valence-electron chi connectivity index (χ3n) is 3.66. The summed E-state index contributed by atoms with van der Waals surface area (Å²) in [5.41, 5.74) is 2.90. The molecule has 24 heavy (non-hydrogen) atoms. The average molecular weight is 452 g/mol. The number of hydrogen-bond acceptors (Lipinski definition) is 3. The van der Waals surface area contributed by atoms with E-state index in [4.69, 9.17) is 4.74 Å². The predicted octanol–water partition coefficient (Wildman–Crippen LogP) is 4.00. The van der Waals surface area contributed by atoms with Crippen LogP contribution in [0.3, 0.4) is 0 Å². The van der Waals surface area contributed by atoms with Crippen LogP contribution in [0.4, 0.5) is 0 Å². The summed E-state index contributed by atoms with van der Waals surface area (Å²) in [6.07, 6.45) is 0. The van der Waals surface area contributed by atoms with E-state index in [1.165, 1.54) is 16.9 Å². The summed E-state index contributed by atoms with van der Waals surface area (Å²) >= 11 is 3.70. The van der Waals surface area contributed by atoms with E-state index in [1.807, 2.05) is 24.3 Å². The lowest BCUT2D eigenvalue weighted by Gasteiger charge is -2.04. The van der Waals surface area contributed by atoms with Gasteiger partial charge in [-0.1, -0.05) is 29.5 Å². The van der Waals surface area contributed by atoms with Crippen LogP contribution in [0.2, 0.25) is 0 Å². The standard InChI is InChI=1S/C18H17IN2O2S/c1-12-7-8-15-16(11-12)24-18(21(15)9-10-23-2)20-17(22)13-5-3-4-6-14(13)19/h3-8,11H,9-10H2,1-2H3. The van der Waals surface area contributed by atoms with Crippen molar-refractivity contribution in [3.8, 4) is 0 Å². The molecule has 3 aromatic rings. The van der Waals surface area contributed by atoms with Gasteiger partial charge in [-0.05, 0) is 59.3 Å². The Kier molecular flexibility index (Phi) is 5.47. The Balaban J connectivity index is 2.13. The molecule has 0 fully saturated rings. The fourth-order valence-corrected chi connectivity index (χ4v) is 4.22. The molecular formula is C18H17IN2O2S. The number of methoxy groups -OCH3 is 1. The second-order valence-electron chi connectivity index (χ2n) is 5.40. The number of amides is 1. The fourth-order valence-electron chi connectivity index (χ4n) is 2.45. The number of carbonyl (C=O) groups excluding carboxylic acids is 1. The Morgan fingerprint density at radius 1 is 1.29 bits per heavy atom. The highest BCUT2D eigenvalue weighted by Gasteiger charge is 2.11. The number of benzene rings is 2. The molecule has 0 saturated carbocycles. The molecule has 0 aliphatic heterocycles. The molecule has 0 spiro atoms. The molecule has 0 atom stereocenters. The summed E-state index contributed by atoms with van der Waals surface area (Å²) in [5, 5.41) is 0. The Morgan fingerprint density at radius 3 is 2.83 bits per heavy atom. The number of aryl methyl sites for hydroxylation is 1. The monoisotopic (exact) mass is 452 g/mol. The van der Waals surface area contributed by atoms with E-state index in [1.54, 1.807) is 7.11 Å². The Morgan fingerprint density at radius 2 is 2.08 bits per heavy atom. The molecule has 6 heteroatoms. The highest BCUT2D eigenvalue weighted by atomic mass is 127. The Labute approximate surface area is 157 Å². The van der Waals surface area contributed by atoms with E-state index < -0.39 is 0 Å². The number of thiazole rings is 1. The number of carbonyl (C=O) groups is 1. The first-order valence-corrected chi connectivity index (χ1v) is 9.42. The van der Waals surface area contributed by atoms with Crippen LogP contribution in [-0.4, -0.2) is 24.2 Å². The molecule has 0 bridgehead atoms. The van der Waals surface area contributed by atoms with Gasteiger partial charge in [-0.25, -0.2) is 0 Å². The van der Waals surface area contributed by atoms with Gasteiger partial charge in [0, 0.05) is 17.2 Å². The van der Waals surface area contributed by atoms with Crippen LogP contribution in [0.25, 0.3) is 10.2 Å². The first kappa shape index (κ1) is 17.3. The summed E-state index contributed by atoms with van der Waals surface area (Å²) in [6.45, 7) is 3.30. The molecule has 0 N–H and O–H groups in total. The van der Waals surface area contributed by atoms with E-state index in [0.717, 1.165) is 13.8 Å². The number of rotatable bonds is 4. The van der Waals surface area contributed by atoms with E-state index in [0.29, 0.717) is 23.5 Å². The largest absolute Gasteiger partial charge is 0.383 e. The second kappa shape index (κ2) is 7.58. The third kappa shape index (κ3) is 3.60. The first-order valence-electron chi connectivity index (χ1n) is 7.52. The summed E-state index contributed by atoms with van der Waals surface area (Å²) in [7, 11) is 1.67. The number of hydrogen-bond donors (Lipinski definition) is 0. The average Bonchev–Trinajstić information content (AvgIpc) is 2.89. The van der Waals surface area contributed by atoms with Crippen molar-refractivity contribution >= 4 is 50.1 Å². The minimum absolute atomic E-state index is 0.213. The van der Waals surface area contributed by atoms with Crippen molar-refractivity contribution in [2.75, 3.05) is 13.7 Å². The van der Waals surface area contributed by atoms with E-state index in [2.05, 4.69) is 57.3 Å². The van der Waals surface area contributed by atoms with Crippen LogP contribution in [-0.2, 0) is 11.3 Å². The number of ether oxygens (including phenoxy) is 1. The number of aromatic nitrogens is 1. The zero-order valence-electron chi connectivity index (χ0n) is 13.5. The Bertz CT molecular complexity index is 959. The zero-order chi connectivity index (χ0) is 17.1. The fraction of sp³-hybridized carbons (Fsp3) is 0.222. The van der Waals surface area contributed by atoms with Crippen LogP contribution in [0, 0.1) is 10.5 Å². The maximum atomic E-state index is 12.6. The summed E-state index contributed by atoms with van der Waals surface area (Å²) in [4.78, 5) is 17.7. The SMILES string of the molecule is COCCn1c(=NC(=O)c2ccccc2I)sc2cc(C)ccc21. The maximum Gasteiger partial charge on any atom is 0.280 e. The van der Waals surface area contributed by atoms with Crippen molar-refractivity contribution in [2.45, 2.75) is 13.5 Å². The van der Waals surface area contributed by atoms with Gasteiger partial charge in [0.05, 0.1) is 22.4 Å². The van der Waals surface area contributed by atoms with Gasteiger partial charge in [-0.3, -0.25) is 4.79 Å². The minimum atomic E-state index is -0.213. The summed E-state index contributed by atoms with van der Waals surface area (Å²) < 4.78 is 9.29. The summed E-state index contributed by atoms with van der Waals surface area (Å²) in [6, 6.07) is 13.8. The van der Waals surface area contributed by atoms with Gasteiger partial charge >= 0.3 is 0 Å². The van der Waals surface area contributed by atoms with Gasteiger partial charge in [0.2, 0.25) is 0 Å². The topological polar surface area (TPSA) is 43.6 Å². The van der Waals surface area contributed by atoms with Gasteiger partial charge < -0.3 is 9.30 Å². The minimum Gasteiger partial charge on any atom is -0.383 e. The number of nitrogens with zero attached hydrogens (tertiary/aromatic N) is 2. The normalized spacial score (nSPS) is 12.0. The van der Waals surface area contributed by atoms with Crippen molar-refractivity contribution in [1.82, 2.24) is 4.57 Å². The zero-order valence-corrected chi connectivity index (χ0v) is 16.4. The van der Waals surface area contributed by atoms with Crippen molar-refractivity contribution < 1.29 is 9.53 Å². The lowest BCUT2D eigenvalue weighted by molar-refractivity contribution is 0.0996. The van der Waals surface area contributed by atoms with Crippen molar-refractivity contribution in [3.63, 3.8) is 0 Å². The van der Waals surface area contributed by atoms with Gasteiger partial charge in [0.1, 0.15) is 0 Å². The second-order valence-corrected chi connectivity index (χ2v) is 7.57. The molecule has 1 aromatic heterocycles. The molecule has 1 amide bonds. The third-order valence-corrected chi connectivity index (χ3v) is 5.64. The molecule has 4 nitrogen and oxygen atoms in total. The van der Waals surface area contributed by atoms with E-state index in [9.17, 15) is 4.79 Å². The molecular weight excluding hydrogens is 435 g/mol. The lowest BCUT2D eigenvalue weighted by atomic mass is 10.2. The quantitative estimate of drug-likeness (QED) is 0.562. The summed E-state index contributed by atoms with van der Waals surface area (Å²) in [5.74, 6) is -0.213. The smallest absolute Gasteiger partial charge is 0.280 e. The molecule has 124 valence electrons. The molecule has 3 rings (SSSR count). The molecule has 1 heterocycles. The van der Waals surface area contributed by atoms with Gasteiger partial charge in [-0.2, -0.15) is 4.99 Å². The highest BCUT2D eigenvalue weighted by molar-refractivity contribution is 14.1. The Hall–Kier alpha value is -1.51. The van der Waals surface area contributed by atoms with Gasteiger partial charge in [0.15, 0.2) is 4.80 Å². The van der Waals surface area contributed by atoms with E-state index in [-0.39, 0.29) is 5.91 Å². The lowest BCUT2D eigenvalue weighted by Crippen LogP contribution is -2.19. The van der Waals surface area contributed by atoms with Gasteiger partial charge in [0.25, 0.3) is 5.91 Å². The van der Waals surface area contributed by atoms with Crippen LogP contribution in [0.1, 0.15) is 15.9 Å². The molecule has 0 aliphatic carbocycles. The first-order chi connectivity index (χ1) is 11.6. The predicted molar refractivity (Wildman–Crippen MR) is 105 cm³/mol. The van der Waals surface area contributed by atoms with Crippen LogP contribution in [0.15, 0.2) is 47.5 Å². The molecule has 0 unspecified atom stereocenters. The van der Waals surface area contributed by atoms with Gasteiger partial charge in [-0.15, -0.1) is 0 Å². The highest BCUT2D eigenvalue weighted by Crippen LogP contribution is 2.19. The maximum absolute atomic E-state index is 12.6. The molecule has 0 radical (unpaired) electrons. The van der Waals surface area contributed by atoms with Crippen molar-refractivity contribution in [3.05, 3.63) is 62.0 Å². The number of halogens is 1. The molecule has 0 saturated heterocycles. The van der Waals surface area contributed by atoms with Crippen LogP contribution < -0.4 is 4.80 Å². The van der Waals surface area contributed by atoms with Crippen LogP contribution in [0.5, 0.6) is 0 Å². The molecule has 2 aromatic carbocycles. The number of fused-ring (bicyclic) bond motifs is 1. The molecule has 0 aliphatic rings. The van der Waals surface area contributed by atoms with Crippen molar-refractivity contribution in [2.24, 2.45) is 4.99 Å². The van der Waals surface area contributed by atoms with E-state index >= 15 is 0 Å². The van der Waals surface area contributed by atoms with Crippen LogP contribution >= 0.6 is 33.9 Å². The van der Waals surface area contributed by atoms with Crippen molar-refractivity contribution in [1.29, 1.82) is 0 Å².